The van der Waals surface area contributed by atoms with Crippen LogP contribution in [-0.4, -0.2) is 54.3 Å². The van der Waals surface area contributed by atoms with Crippen molar-refractivity contribution in [2.75, 3.05) is 6.54 Å². The van der Waals surface area contributed by atoms with E-state index in [2.05, 4.69) is 20.2 Å². The second kappa shape index (κ2) is 8.45. The number of carbonyl (C=O) groups is 1. The number of alkyl halides is 5. The van der Waals surface area contributed by atoms with Gasteiger partial charge in [0.1, 0.15) is 11.6 Å². The summed E-state index contributed by atoms with van der Waals surface area (Å²) in [5, 5.41) is 7.80. The van der Waals surface area contributed by atoms with E-state index in [-0.39, 0.29) is 36.5 Å². The fourth-order valence-electron chi connectivity index (χ4n) is 3.67. The maximum atomic E-state index is 14.6. The number of benzene rings is 1. The van der Waals surface area contributed by atoms with E-state index in [0.29, 0.717) is 12.4 Å². The van der Waals surface area contributed by atoms with Gasteiger partial charge in [-0.15, -0.1) is 0 Å². The summed E-state index contributed by atoms with van der Waals surface area (Å²) in [5.74, 6) is -4.89. The Labute approximate surface area is 183 Å². The molecule has 0 aliphatic carbocycles. The second-order valence-corrected chi connectivity index (χ2v) is 7.43. The number of amides is 1. The van der Waals surface area contributed by atoms with Gasteiger partial charge in [-0.3, -0.25) is 4.79 Å². The predicted octanol–water partition coefficient (Wildman–Crippen LogP) is 3.70. The highest BCUT2D eigenvalue weighted by atomic mass is 19.4. The van der Waals surface area contributed by atoms with E-state index in [1.165, 1.54) is 18.5 Å². The standard InChI is InChI=1S/C20H16F6N6O/c21-13-1-2-15(32-29-6-7-30-32)14(9-13)18(33)31-8-5-19(22,23)16(31)3-4-17-27-10-12(11-28-17)20(24,25)26/h1-2,6-7,9-11,16H,3-5,8H2/t16-/m1/s1. The van der Waals surface area contributed by atoms with Crippen molar-refractivity contribution in [2.45, 2.75) is 37.4 Å². The molecule has 3 heterocycles. The van der Waals surface area contributed by atoms with Crippen LogP contribution >= 0.6 is 0 Å². The van der Waals surface area contributed by atoms with Gasteiger partial charge in [0.25, 0.3) is 11.8 Å². The number of rotatable bonds is 5. The van der Waals surface area contributed by atoms with Crippen LogP contribution in [0.4, 0.5) is 26.3 Å². The summed E-state index contributed by atoms with van der Waals surface area (Å²) < 4.78 is 81.1. The lowest BCUT2D eigenvalue weighted by molar-refractivity contribution is -0.138. The van der Waals surface area contributed by atoms with Gasteiger partial charge in [-0.25, -0.2) is 23.1 Å². The zero-order chi connectivity index (χ0) is 23.8. The fourth-order valence-corrected chi connectivity index (χ4v) is 3.67. The number of halogens is 6. The summed E-state index contributed by atoms with van der Waals surface area (Å²) in [6, 6.07) is 1.71. The molecule has 3 aromatic rings. The van der Waals surface area contributed by atoms with Crippen molar-refractivity contribution < 1.29 is 31.1 Å². The average molecular weight is 470 g/mol. The minimum absolute atomic E-state index is 0.0646. The molecule has 0 saturated carbocycles. The lowest BCUT2D eigenvalue weighted by atomic mass is 10.0. The molecule has 4 rings (SSSR count). The van der Waals surface area contributed by atoms with E-state index in [1.54, 1.807) is 0 Å². The zero-order valence-corrected chi connectivity index (χ0v) is 16.8. The van der Waals surface area contributed by atoms with Crippen LogP contribution in [-0.2, 0) is 12.6 Å². The first-order chi connectivity index (χ1) is 15.6. The molecule has 1 atom stereocenters. The van der Waals surface area contributed by atoms with Crippen LogP contribution < -0.4 is 0 Å². The summed E-state index contributed by atoms with van der Waals surface area (Å²) in [7, 11) is 0. The van der Waals surface area contributed by atoms with Gasteiger partial charge in [0.05, 0.1) is 35.2 Å². The lowest BCUT2D eigenvalue weighted by Gasteiger charge is -2.28. The Bertz CT molecular complexity index is 1130. The molecule has 174 valence electrons. The van der Waals surface area contributed by atoms with Crippen LogP contribution in [0.3, 0.4) is 0 Å². The van der Waals surface area contributed by atoms with Crippen molar-refractivity contribution in [1.82, 2.24) is 29.9 Å². The first-order valence-corrected chi connectivity index (χ1v) is 9.79. The van der Waals surface area contributed by atoms with Gasteiger partial charge in [0.15, 0.2) is 0 Å². The molecule has 0 radical (unpaired) electrons. The van der Waals surface area contributed by atoms with Crippen molar-refractivity contribution in [2.24, 2.45) is 0 Å². The van der Waals surface area contributed by atoms with E-state index in [0.717, 1.165) is 21.8 Å². The third kappa shape index (κ3) is 4.66. The van der Waals surface area contributed by atoms with Gasteiger partial charge in [-0.1, -0.05) is 0 Å². The summed E-state index contributed by atoms with van der Waals surface area (Å²) in [6.07, 6.45) is -1.87. The van der Waals surface area contributed by atoms with Gasteiger partial charge in [-0.2, -0.15) is 28.2 Å². The van der Waals surface area contributed by atoms with Crippen molar-refractivity contribution in [3.05, 3.63) is 65.8 Å². The Hall–Kier alpha value is -3.51. The molecule has 0 unspecified atom stereocenters. The van der Waals surface area contributed by atoms with Gasteiger partial charge >= 0.3 is 6.18 Å². The molecule has 0 bridgehead atoms. The molecule has 1 amide bonds. The highest BCUT2D eigenvalue weighted by molar-refractivity contribution is 5.98. The third-order valence-electron chi connectivity index (χ3n) is 5.31. The van der Waals surface area contributed by atoms with Gasteiger partial charge in [0, 0.05) is 31.8 Å². The van der Waals surface area contributed by atoms with E-state index in [9.17, 15) is 31.1 Å². The van der Waals surface area contributed by atoms with Crippen LogP contribution in [0.5, 0.6) is 0 Å². The molecule has 13 heteroatoms. The summed E-state index contributed by atoms with van der Waals surface area (Å²) in [4.78, 5) is 22.4. The Morgan fingerprint density at radius 1 is 1.12 bits per heavy atom. The highest BCUT2D eigenvalue weighted by Gasteiger charge is 2.50. The maximum absolute atomic E-state index is 14.6. The molecule has 2 aromatic heterocycles. The SMILES string of the molecule is O=C(c1cc(F)ccc1-n1nccn1)N1CCC(F)(F)[C@H]1CCc1ncc(C(F)(F)F)cn1. The normalized spacial score (nSPS) is 18.0. The largest absolute Gasteiger partial charge is 0.419 e. The van der Waals surface area contributed by atoms with Crippen molar-refractivity contribution in [3.63, 3.8) is 0 Å². The van der Waals surface area contributed by atoms with Crippen LogP contribution in [0.15, 0.2) is 43.0 Å². The second-order valence-electron chi connectivity index (χ2n) is 7.43. The molecule has 7 nitrogen and oxygen atoms in total. The number of hydrogen-bond donors (Lipinski definition) is 0. The van der Waals surface area contributed by atoms with Crippen LogP contribution in [0.2, 0.25) is 0 Å². The predicted molar refractivity (Wildman–Crippen MR) is 101 cm³/mol. The van der Waals surface area contributed by atoms with E-state index < -0.39 is 41.8 Å². The van der Waals surface area contributed by atoms with Gasteiger partial charge < -0.3 is 4.90 Å². The molecule has 0 spiro atoms. The first-order valence-electron chi connectivity index (χ1n) is 9.79. The van der Waals surface area contributed by atoms with Gasteiger partial charge in [-0.05, 0) is 24.6 Å². The summed E-state index contributed by atoms with van der Waals surface area (Å²) in [6.45, 7) is -0.285. The molecule has 33 heavy (non-hydrogen) atoms. The number of aryl methyl sites for hydroxylation is 1. The zero-order valence-electron chi connectivity index (χ0n) is 16.8. The Morgan fingerprint density at radius 2 is 1.79 bits per heavy atom. The molecule has 0 N–H and O–H groups in total. The van der Waals surface area contributed by atoms with E-state index >= 15 is 0 Å². The molecule has 1 aromatic carbocycles. The number of nitrogens with zero attached hydrogens (tertiary/aromatic N) is 6. The van der Waals surface area contributed by atoms with E-state index in [4.69, 9.17) is 0 Å². The van der Waals surface area contributed by atoms with Crippen LogP contribution in [0, 0.1) is 5.82 Å². The van der Waals surface area contributed by atoms with Gasteiger partial charge in [0.2, 0.25) is 0 Å². The quantitative estimate of drug-likeness (QED) is 0.532. The molecule has 1 fully saturated rings. The monoisotopic (exact) mass is 470 g/mol. The van der Waals surface area contributed by atoms with Crippen LogP contribution in [0.25, 0.3) is 5.69 Å². The molecule has 1 saturated heterocycles. The Balaban J connectivity index is 1.57. The maximum Gasteiger partial charge on any atom is 0.419 e. The minimum Gasteiger partial charge on any atom is -0.329 e. The Morgan fingerprint density at radius 3 is 2.42 bits per heavy atom. The van der Waals surface area contributed by atoms with E-state index in [1.807, 2.05) is 0 Å². The third-order valence-corrected chi connectivity index (χ3v) is 5.31. The Kier molecular flexibility index (Phi) is 5.80. The highest BCUT2D eigenvalue weighted by Crippen LogP contribution is 2.38. The van der Waals surface area contributed by atoms with Crippen molar-refractivity contribution in [1.29, 1.82) is 0 Å². The number of hydrogen-bond acceptors (Lipinski definition) is 5. The van der Waals surface area contributed by atoms with Crippen molar-refractivity contribution >= 4 is 5.91 Å². The average Bonchev–Trinajstić information content (AvgIpc) is 3.39. The first kappa shape index (κ1) is 22.7. The number of likely N-dealkylation sites (tertiary alicyclic amines) is 1. The molecule has 1 aliphatic heterocycles. The minimum atomic E-state index is -4.62. The topological polar surface area (TPSA) is 76.8 Å². The smallest absolute Gasteiger partial charge is 0.329 e. The fraction of sp³-hybridized carbons (Fsp3) is 0.350. The molecular formula is C20H16F6N6O. The summed E-state index contributed by atoms with van der Waals surface area (Å²) >= 11 is 0. The van der Waals surface area contributed by atoms with Crippen molar-refractivity contribution in [3.8, 4) is 5.69 Å². The number of aromatic nitrogens is 5. The molecular weight excluding hydrogens is 454 g/mol. The number of carbonyl (C=O) groups excluding carboxylic acids is 1. The lowest BCUT2D eigenvalue weighted by Crippen LogP contribution is -2.43. The molecule has 1 aliphatic rings. The summed E-state index contributed by atoms with van der Waals surface area (Å²) in [5.41, 5.74) is -1.13. The van der Waals surface area contributed by atoms with Crippen LogP contribution in [0.1, 0.15) is 34.6 Å².